The van der Waals surface area contributed by atoms with Gasteiger partial charge in [-0.05, 0) is 107 Å². The number of carbonyl (C=O) groups is 2. The number of hydrogen-bond donors (Lipinski definition) is 1. The predicted molar refractivity (Wildman–Crippen MR) is 228 cm³/mol. The highest BCUT2D eigenvalue weighted by Gasteiger charge is 2.36. The van der Waals surface area contributed by atoms with E-state index in [1.165, 1.54) is 17.5 Å². The molecule has 6 rings (SSSR count). The molecule has 0 bridgehead atoms. The third-order valence-corrected chi connectivity index (χ3v) is 12.0. The zero-order chi connectivity index (χ0) is 38.9. The van der Waals surface area contributed by atoms with Gasteiger partial charge in [0.15, 0.2) is 0 Å². The monoisotopic (exact) mass is 823 g/mol. The summed E-state index contributed by atoms with van der Waals surface area (Å²) in [4.78, 5) is 27.4. The number of halogens is 2. The summed E-state index contributed by atoms with van der Waals surface area (Å²) < 4.78 is 17.6. The molecule has 1 amide bonds. The van der Waals surface area contributed by atoms with Crippen LogP contribution in [0.3, 0.4) is 0 Å². The number of nitrogens with zero attached hydrogens (tertiary/aromatic N) is 2. The molecule has 4 atom stereocenters. The molecule has 12 heteroatoms. The van der Waals surface area contributed by atoms with E-state index in [1.807, 2.05) is 73.5 Å². The topological polar surface area (TPSA) is 80.3 Å². The van der Waals surface area contributed by atoms with Crippen LogP contribution in [-0.2, 0) is 31.8 Å². The van der Waals surface area contributed by atoms with E-state index in [2.05, 4.69) is 47.0 Å². The summed E-state index contributed by atoms with van der Waals surface area (Å²) in [5, 5.41) is 5.11. The van der Waals surface area contributed by atoms with Gasteiger partial charge < -0.3 is 24.4 Å². The van der Waals surface area contributed by atoms with E-state index in [9.17, 15) is 9.59 Å². The van der Waals surface area contributed by atoms with Gasteiger partial charge >= 0.3 is 6.09 Å². The molecule has 0 unspecified atom stereocenters. The number of piperidine rings is 1. The molecule has 3 heterocycles. The number of rotatable bonds is 9. The summed E-state index contributed by atoms with van der Waals surface area (Å²) in [5.74, 6) is 2.55. The van der Waals surface area contributed by atoms with Gasteiger partial charge in [-0.3, -0.25) is 9.69 Å². The number of ether oxygens (including phenoxy) is 3. The van der Waals surface area contributed by atoms with E-state index in [0.29, 0.717) is 30.0 Å². The van der Waals surface area contributed by atoms with Crippen LogP contribution < -0.4 is 5.32 Å². The Morgan fingerprint density at radius 2 is 1.39 bits per heavy atom. The van der Waals surface area contributed by atoms with Crippen molar-refractivity contribution in [3.63, 3.8) is 0 Å². The predicted octanol–water partition coefficient (Wildman–Crippen LogP) is 8.84. The average molecular weight is 825 g/mol. The van der Waals surface area contributed by atoms with Gasteiger partial charge in [-0.15, -0.1) is 0 Å². The maximum atomic E-state index is 12.4. The third kappa shape index (κ3) is 16.5. The van der Waals surface area contributed by atoms with E-state index < -0.39 is 5.60 Å². The number of benzene rings is 2. The van der Waals surface area contributed by atoms with E-state index in [4.69, 9.17) is 37.4 Å². The Kier molecular flexibility index (Phi) is 19.8. The zero-order valence-corrected chi connectivity index (χ0v) is 36.2. The van der Waals surface area contributed by atoms with Crippen molar-refractivity contribution in [1.29, 1.82) is 0 Å². The first-order valence-corrected chi connectivity index (χ1v) is 23.2. The minimum atomic E-state index is -0.452. The molecule has 1 N–H and O–H groups in total. The van der Waals surface area contributed by atoms with Crippen molar-refractivity contribution < 1.29 is 23.8 Å². The molecule has 302 valence electrons. The van der Waals surface area contributed by atoms with E-state index in [1.54, 1.807) is 0 Å². The van der Waals surface area contributed by atoms with Crippen LogP contribution in [0.5, 0.6) is 0 Å². The number of morpholine rings is 2. The van der Waals surface area contributed by atoms with Gasteiger partial charge in [0.2, 0.25) is 0 Å². The Morgan fingerprint density at radius 3 is 1.89 bits per heavy atom. The normalized spacial score (nSPS) is 24.1. The number of Topliss-reactive ketones (excluding diaryl/α,β-unsaturated/α-hetero) is 1. The smallest absolute Gasteiger partial charge is 0.410 e. The van der Waals surface area contributed by atoms with Crippen LogP contribution in [0.1, 0.15) is 76.8 Å². The van der Waals surface area contributed by atoms with Gasteiger partial charge in [0.1, 0.15) is 11.4 Å². The molecule has 0 radical (unpaired) electrons. The Morgan fingerprint density at radius 1 is 0.833 bits per heavy atom. The average Bonchev–Trinajstić information content (AvgIpc) is 3.15. The van der Waals surface area contributed by atoms with Crippen LogP contribution in [-0.4, -0.2) is 121 Å². The molecule has 0 aromatic heterocycles. The summed E-state index contributed by atoms with van der Waals surface area (Å²) >= 11 is 15.6. The Hall–Kier alpha value is -1.50. The van der Waals surface area contributed by atoms with E-state index >= 15 is 0 Å². The molecule has 54 heavy (non-hydrogen) atoms. The highest BCUT2D eigenvalue weighted by molar-refractivity contribution is 7.98. The number of carbonyl (C=O) groups excluding carboxylic acids is 2. The Bertz CT molecular complexity index is 1370. The molecule has 8 nitrogen and oxygen atoms in total. The van der Waals surface area contributed by atoms with Crippen molar-refractivity contribution in [3.8, 4) is 0 Å². The molecule has 4 aliphatic rings. The molecule has 2 aromatic rings. The number of amides is 1. The fourth-order valence-corrected chi connectivity index (χ4v) is 8.64. The third-order valence-electron chi connectivity index (χ3n) is 10.1. The summed E-state index contributed by atoms with van der Waals surface area (Å²) in [6.07, 6.45) is 13.8. The highest BCUT2D eigenvalue weighted by Crippen LogP contribution is 2.27. The van der Waals surface area contributed by atoms with Crippen molar-refractivity contribution in [1.82, 2.24) is 15.1 Å². The molecular weight excluding hydrogens is 762 g/mol. The summed E-state index contributed by atoms with van der Waals surface area (Å²) in [7, 11) is 0. The van der Waals surface area contributed by atoms with Gasteiger partial charge in [-0.1, -0.05) is 53.9 Å². The lowest BCUT2D eigenvalue weighted by Gasteiger charge is -2.46. The second-order valence-corrected chi connectivity index (χ2v) is 18.4. The standard InChI is InChI=1S/C23H35ClN2O3S.C13H18ClNOS.C6H10O/c1-23(2,3)29-22(27)25-11-9-19(10-12-25)26-14-21(16-30-4)28-15-20(26)13-17-5-7-18(24)8-6-17;1-17-9-13-7-15-12(8-16-13)6-10-2-4-11(14)5-3-10;7-6-4-2-1-3-5-6/h5-8,19-21H,9-16H2,1-4H3;2-5,12-13,15H,6-9H2,1H3;1-5H2/t20-,21+;12-,13+;/m00./s1. The van der Waals surface area contributed by atoms with Gasteiger partial charge in [0.25, 0.3) is 0 Å². The minimum absolute atomic E-state index is 0.194. The van der Waals surface area contributed by atoms with Crippen LogP contribution >= 0.6 is 46.7 Å². The Balaban J connectivity index is 0.000000224. The minimum Gasteiger partial charge on any atom is -0.444 e. The second kappa shape index (κ2) is 23.7. The van der Waals surface area contributed by atoms with Crippen molar-refractivity contribution in [2.24, 2.45) is 0 Å². The first-order valence-electron chi connectivity index (χ1n) is 19.6. The van der Waals surface area contributed by atoms with Crippen LogP contribution in [0.4, 0.5) is 4.79 Å². The zero-order valence-electron chi connectivity index (χ0n) is 33.0. The number of thioether (sulfide) groups is 2. The van der Waals surface area contributed by atoms with Crippen LogP contribution in [0.2, 0.25) is 10.0 Å². The van der Waals surface area contributed by atoms with Crippen molar-refractivity contribution in [2.45, 2.75) is 114 Å². The maximum absolute atomic E-state index is 12.4. The molecule has 3 aliphatic heterocycles. The molecule has 3 saturated heterocycles. The largest absolute Gasteiger partial charge is 0.444 e. The van der Waals surface area contributed by atoms with Gasteiger partial charge in [0, 0.05) is 78.7 Å². The molecule has 1 saturated carbocycles. The number of ketones is 1. The molecular formula is C42H63Cl2N3O5S2. The fraction of sp³-hybridized carbons (Fsp3) is 0.667. The molecule has 4 fully saturated rings. The van der Waals surface area contributed by atoms with Crippen LogP contribution in [0.25, 0.3) is 0 Å². The van der Waals surface area contributed by atoms with Crippen LogP contribution in [0, 0.1) is 0 Å². The maximum Gasteiger partial charge on any atom is 0.410 e. The number of hydrogen-bond acceptors (Lipinski definition) is 9. The molecule has 1 aliphatic carbocycles. The van der Waals surface area contributed by atoms with Crippen LogP contribution in [0.15, 0.2) is 48.5 Å². The second-order valence-electron chi connectivity index (χ2n) is 15.7. The lowest BCUT2D eigenvalue weighted by atomic mass is 9.96. The summed E-state index contributed by atoms with van der Waals surface area (Å²) in [6, 6.07) is 17.4. The SMILES string of the molecule is CSC[C@H]1CN(C2CCN(C(=O)OC(C)(C)C)CC2)[C@@H](Cc2ccc(Cl)cc2)CO1.CSC[C@H]1CN[C@@H](Cc2ccc(Cl)cc2)CO1.O=C1CCCCC1. The molecule has 2 aromatic carbocycles. The first-order chi connectivity index (χ1) is 25.9. The first kappa shape index (κ1) is 45.2. The summed E-state index contributed by atoms with van der Waals surface area (Å²) in [6.45, 7) is 10.7. The van der Waals surface area contributed by atoms with Crippen molar-refractivity contribution in [3.05, 3.63) is 69.7 Å². The van der Waals surface area contributed by atoms with Gasteiger partial charge in [-0.25, -0.2) is 4.79 Å². The highest BCUT2D eigenvalue weighted by atomic mass is 35.5. The number of likely N-dealkylation sites (tertiary alicyclic amines) is 1. The number of nitrogens with one attached hydrogen (secondary N) is 1. The Labute approximate surface area is 343 Å². The lowest BCUT2D eigenvalue weighted by molar-refractivity contribution is -0.120. The lowest BCUT2D eigenvalue weighted by Crippen LogP contribution is -2.58. The van der Waals surface area contributed by atoms with Crippen molar-refractivity contribution >= 4 is 58.6 Å². The quantitative estimate of drug-likeness (QED) is 0.267. The van der Waals surface area contributed by atoms with Gasteiger partial charge in [0.05, 0.1) is 25.4 Å². The summed E-state index contributed by atoms with van der Waals surface area (Å²) in [5.41, 5.74) is 2.14. The van der Waals surface area contributed by atoms with Crippen molar-refractivity contribution in [2.75, 3.05) is 63.4 Å². The van der Waals surface area contributed by atoms with E-state index in [-0.39, 0.29) is 12.2 Å². The van der Waals surface area contributed by atoms with E-state index in [0.717, 1.165) is 112 Å². The van der Waals surface area contributed by atoms with Gasteiger partial charge in [-0.2, -0.15) is 23.5 Å². The molecule has 0 spiro atoms. The fourth-order valence-electron chi connectivity index (χ4n) is 7.23.